The second-order valence-electron chi connectivity index (χ2n) is 6.48. The number of carbonyl (C=O) groups excluding carboxylic acids is 1. The van der Waals surface area contributed by atoms with Gasteiger partial charge in [0.05, 0.1) is 18.1 Å². The van der Waals surface area contributed by atoms with Gasteiger partial charge >= 0.3 is 5.97 Å². The summed E-state index contributed by atoms with van der Waals surface area (Å²) in [5, 5.41) is 19.6. The molecule has 2 N–H and O–H groups in total. The number of ether oxygens (including phenoxy) is 1. The minimum Gasteiger partial charge on any atom is -0.460 e. The van der Waals surface area contributed by atoms with Crippen molar-refractivity contribution >= 4 is 5.97 Å². The first kappa shape index (κ1) is 19.1. The third-order valence-electron chi connectivity index (χ3n) is 3.34. The molecule has 0 aromatic heterocycles. The molecule has 0 aliphatic rings. The largest absolute Gasteiger partial charge is 0.460 e. The van der Waals surface area contributed by atoms with Crippen molar-refractivity contribution in [3.63, 3.8) is 0 Å². The number of hydrogen-bond acceptors (Lipinski definition) is 4. The van der Waals surface area contributed by atoms with E-state index in [1.54, 1.807) is 20.8 Å². The van der Waals surface area contributed by atoms with Crippen LogP contribution in [-0.2, 0) is 16.0 Å². The number of esters is 1. The molecule has 0 aliphatic heterocycles. The number of benzene rings is 1. The summed E-state index contributed by atoms with van der Waals surface area (Å²) in [7, 11) is 0. The fraction of sp³-hybridized carbons (Fsp3) is 0.421. The Morgan fingerprint density at radius 1 is 1.30 bits per heavy atom. The highest BCUT2D eigenvalue weighted by Crippen LogP contribution is 2.20. The summed E-state index contributed by atoms with van der Waals surface area (Å²) >= 11 is 0. The van der Waals surface area contributed by atoms with Crippen molar-refractivity contribution in [1.82, 2.24) is 0 Å². The van der Waals surface area contributed by atoms with E-state index in [2.05, 4.69) is 6.58 Å². The van der Waals surface area contributed by atoms with E-state index in [-0.39, 0.29) is 19.2 Å². The van der Waals surface area contributed by atoms with Crippen LogP contribution in [0.2, 0.25) is 0 Å². The van der Waals surface area contributed by atoms with E-state index in [1.165, 1.54) is 6.08 Å². The molecule has 0 amide bonds. The lowest BCUT2D eigenvalue weighted by Gasteiger charge is -2.20. The lowest BCUT2D eigenvalue weighted by atomic mass is 9.95. The highest BCUT2D eigenvalue weighted by atomic mass is 16.5. The summed E-state index contributed by atoms with van der Waals surface area (Å²) < 4.78 is 5.22. The highest BCUT2D eigenvalue weighted by Gasteiger charge is 2.24. The molecule has 126 valence electrons. The van der Waals surface area contributed by atoms with Gasteiger partial charge in [-0.3, -0.25) is 4.79 Å². The van der Waals surface area contributed by atoms with E-state index in [0.29, 0.717) is 17.6 Å². The van der Waals surface area contributed by atoms with Gasteiger partial charge in [-0.1, -0.05) is 43.0 Å². The number of rotatable bonds is 7. The number of aliphatic hydroxyl groups excluding tert-OH is 2. The Morgan fingerprint density at radius 3 is 2.43 bits per heavy atom. The van der Waals surface area contributed by atoms with Crippen LogP contribution in [-0.4, -0.2) is 35.5 Å². The summed E-state index contributed by atoms with van der Waals surface area (Å²) in [6.07, 6.45) is 1.09. The molecule has 0 bridgehead atoms. The first-order chi connectivity index (χ1) is 10.8. The zero-order valence-electron chi connectivity index (χ0n) is 14.1. The molecule has 0 saturated carbocycles. The van der Waals surface area contributed by atoms with Crippen molar-refractivity contribution in [2.45, 2.75) is 33.3 Å². The SMILES string of the molecule is C=C(COC(=O)C(C)(C)C)/C(=C/CO)C(O)Cc1ccccc1. The van der Waals surface area contributed by atoms with Gasteiger partial charge in [0.15, 0.2) is 0 Å². The quantitative estimate of drug-likeness (QED) is 0.599. The number of aliphatic hydroxyl groups is 2. The van der Waals surface area contributed by atoms with Gasteiger partial charge in [0.1, 0.15) is 6.61 Å². The van der Waals surface area contributed by atoms with Crippen LogP contribution in [0, 0.1) is 5.41 Å². The zero-order chi connectivity index (χ0) is 17.5. The number of carbonyl (C=O) groups is 1. The first-order valence-corrected chi connectivity index (χ1v) is 7.64. The van der Waals surface area contributed by atoms with E-state index < -0.39 is 11.5 Å². The van der Waals surface area contributed by atoms with Gasteiger partial charge < -0.3 is 14.9 Å². The Kier molecular flexibility index (Phi) is 7.20. The van der Waals surface area contributed by atoms with Gasteiger partial charge in [-0.25, -0.2) is 0 Å². The predicted molar refractivity (Wildman–Crippen MR) is 90.9 cm³/mol. The topological polar surface area (TPSA) is 66.8 Å². The molecule has 1 aromatic carbocycles. The molecule has 1 unspecified atom stereocenters. The molecule has 23 heavy (non-hydrogen) atoms. The molecule has 1 rings (SSSR count). The van der Waals surface area contributed by atoms with Crippen LogP contribution in [0.5, 0.6) is 0 Å². The predicted octanol–water partition coefficient (Wildman–Crippen LogP) is 2.65. The third kappa shape index (κ3) is 6.38. The summed E-state index contributed by atoms with van der Waals surface area (Å²) in [5.74, 6) is -0.334. The molecular formula is C19H26O4. The van der Waals surface area contributed by atoms with Gasteiger partial charge in [-0.2, -0.15) is 0 Å². The van der Waals surface area contributed by atoms with Gasteiger partial charge in [0.2, 0.25) is 0 Å². The van der Waals surface area contributed by atoms with Crippen LogP contribution in [0.25, 0.3) is 0 Å². The molecule has 1 atom stereocenters. The Labute approximate surface area is 138 Å². The summed E-state index contributed by atoms with van der Waals surface area (Å²) in [6.45, 7) is 8.96. The first-order valence-electron chi connectivity index (χ1n) is 7.64. The second kappa shape index (κ2) is 8.65. The lowest BCUT2D eigenvalue weighted by molar-refractivity contribution is -0.151. The van der Waals surface area contributed by atoms with Gasteiger partial charge in [-0.15, -0.1) is 0 Å². The molecule has 1 aromatic rings. The summed E-state index contributed by atoms with van der Waals surface area (Å²) in [4.78, 5) is 11.8. The molecule has 0 heterocycles. The summed E-state index contributed by atoms with van der Waals surface area (Å²) in [6, 6.07) is 9.55. The van der Waals surface area contributed by atoms with Crippen molar-refractivity contribution in [2.24, 2.45) is 5.41 Å². The molecular weight excluding hydrogens is 292 g/mol. The van der Waals surface area contributed by atoms with Crippen LogP contribution in [0.1, 0.15) is 26.3 Å². The van der Waals surface area contributed by atoms with Crippen LogP contribution in [0.4, 0.5) is 0 Å². The van der Waals surface area contributed by atoms with E-state index in [4.69, 9.17) is 4.74 Å². The normalized spacial score (nSPS) is 13.5. The highest BCUT2D eigenvalue weighted by molar-refractivity contribution is 5.75. The van der Waals surface area contributed by atoms with Crippen LogP contribution >= 0.6 is 0 Å². The van der Waals surface area contributed by atoms with E-state index in [1.807, 2.05) is 30.3 Å². The van der Waals surface area contributed by atoms with Crippen molar-refractivity contribution in [1.29, 1.82) is 0 Å². The smallest absolute Gasteiger partial charge is 0.311 e. The van der Waals surface area contributed by atoms with Gasteiger partial charge in [0.25, 0.3) is 0 Å². The maximum absolute atomic E-state index is 11.8. The maximum atomic E-state index is 11.8. The van der Waals surface area contributed by atoms with E-state index in [9.17, 15) is 15.0 Å². The minimum atomic E-state index is -0.814. The van der Waals surface area contributed by atoms with Crippen LogP contribution in [0.15, 0.2) is 54.1 Å². The fourth-order valence-electron chi connectivity index (χ4n) is 2.01. The Morgan fingerprint density at radius 2 is 1.91 bits per heavy atom. The second-order valence-corrected chi connectivity index (χ2v) is 6.48. The number of hydrogen-bond donors (Lipinski definition) is 2. The Balaban J connectivity index is 2.72. The van der Waals surface area contributed by atoms with Crippen molar-refractivity contribution in [3.8, 4) is 0 Å². The summed E-state index contributed by atoms with van der Waals surface area (Å²) in [5.41, 5.74) is 1.37. The van der Waals surface area contributed by atoms with Crippen LogP contribution in [0.3, 0.4) is 0 Å². The molecule has 4 heteroatoms. The molecule has 0 radical (unpaired) electrons. The van der Waals surface area contributed by atoms with E-state index >= 15 is 0 Å². The molecule has 0 saturated heterocycles. The zero-order valence-corrected chi connectivity index (χ0v) is 14.1. The minimum absolute atomic E-state index is 0.00616. The Bertz CT molecular complexity index is 552. The molecule has 4 nitrogen and oxygen atoms in total. The van der Waals surface area contributed by atoms with Crippen molar-refractivity contribution in [2.75, 3.05) is 13.2 Å². The van der Waals surface area contributed by atoms with E-state index in [0.717, 1.165) is 5.56 Å². The average Bonchev–Trinajstić information content (AvgIpc) is 2.49. The standard InChI is InChI=1S/C19H26O4/c1-14(13-23-18(22)19(2,3)4)16(10-11-20)17(21)12-15-8-6-5-7-9-15/h5-10,17,20-21H,1,11-13H2,2-4H3/b16-10-. The van der Waals surface area contributed by atoms with Crippen molar-refractivity contribution < 1.29 is 19.7 Å². The van der Waals surface area contributed by atoms with Gasteiger partial charge in [0, 0.05) is 6.42 Å². The fourth-order valence-corrected chi connectivity index (χ4v) is 2.01. The van der Waals surface area contributed by atoms with Gasteiger partial charge in [-0.05, 0) is 37.5 Å². The maximum Gasteiger partial charge on any atom is 0.311 e. The lowest BCUT2D eigenvalue weighted by Crippen LogP contribution is -2.25. The molecule has 0 spiro atoms. The third-order valence-corrected chi connectivity index (χ3v) is 3.34. The average molecular weight is 318 g/mol. The molecule has 0 aliphatic carbocycles. The monoisotopic (exact) mass is 318 g/mol. The molecule has 0 fully saturated rings. The van der Waals surface area contributed by atoms with Crippen LogP contribution < -0.4 is 0 Å². The van der Waals surface area contributed by atoms with Crippen molar-refractivity contribution in [3.05, 3.63) is 59.7 Å². The Hall–Kier alpha value is -1.91.